The number of carboxylic acid groups (broad SMARTS) is 5. The predicted molar refractivity (Wildman–Crippen MR) is 294 cm³/mol. The topological polar surface area (TPSA) is 349 Å². The molecule has 9 aromatic rings. The van der Waals surface area contributed by atoms with E-state index >= 15 is 10.2 Å². The fraction of sp³-hybridized carbons (Fsp3) is 0.156. The number of carboxylic acids is 5. The average molecular weight is 1360 g/mol. The number of carbonyl (C=O) groups excluding carboxylic acids is 5. The summed E-state index contributed by atoms with van der Waals surface area (Å²) in [5.41, 5.74) is 1.00. The first kappa shape index (κ1) is 83.1. The summed E-state index contributed by atoms with van der Waals surface area (Å²) in [6.45, 7) is 9.56. The number of rotatable bonds is 12. The summed E-state index contributed by atoms with van der Waals surface area (Å²) in [7, 11) is 0. The fourth-order valence-electron chi connectivity index (χ4n) is 7.71. The quantitative estimate of drug-likeness (QED) is 0.170. The molecule has 0 aliphatic rings. The van der Waals surface area contributed by atoms with Gasteiger partial charge in [-0.05, 0) is 165 Å². The Bertz CT molecular complexity index is 3080. The molecular weight excluding hydrogens is 1300 g/mol. The van der Waals surface area contributed by atoms with Crippen LogP contribution in [0.25, 0.3) is 33.4 Å². The van der Waals surface area contributed by atoms with Crippen molar-refractivity contribution in [2.24, 2.45) is 0 Å². The number of pyridine rings is 5. The van der Waals surface area contributed by atoms with Crippen LogP contribution in [0.1, 0.15) is 85.8 Å². The van der Waals surface area contributed by atoms with Gasteiger partial charge in [0.25, 0.3) is 0 Å². The van der Waals surface area contributed by atoms with Crippen LogP contribution in [0.15, 0.2) is 219 Å². The number of ether oxygens (including phenoxy) is 1. The third-order valence-electron chi connectivity index (χ3n) is 10.7. The molecule has 0 saturated heterocycles. The van der Waals surface area contributed by atoms with E-state index in [0.717, 1.165) is 40.9 Å². The van der Waals surface area contributed by atoms with Crippen molar-refractivity contribution in [3.05, 3.63) is 259 Å². The molecule has 0 N–H and O–H groups in total. The van der Waals surface area contributed by atoms with Gasteiger partial charge in [-0.2, -0.15) is 0 Å². The summed E-state index contributed by atoms with van der Waals surface area (Å²) in [6, 6.07) is 53.3. The molecule has 0 atom stereocenters. The van der Waals surface area contributed by atoms with E-state index < -0.39 is 41.0 Å². The van der Waals surface area contributed by atoms with Gasteiger partial charge in [0.15, 0.2) is 0 Å². The van der Waals surface area contributed by atoms with Gasteiger partial charge in [0.1, 0.15) is 0 Å². The van der Waals surface area contributed by atoms with E-state index in [0.29, 0.717) is 44.5 Å². The molecule has 0 bridgehead atoms. The first-order valence-electron chi connectivity index (χ1n) is 25.1. The summed E-state index contributed by atoms with van der Waals surface area (Å²) >= 11 is 0. The third-order valence-corrected chi connectivity index (χ3v) is 10.7. The summed E-state index contributed by atoms with van der Waals surface area (Å²) in [5.74, 6) is -5.67. The Hall–Kier alpha value is -8.15. The molecular formula is C64H58Co4N5O14. The molecule has 23 heteroatoms. The molecule has 5 heterocycles. The number of benzene rings is 4. The standard InChI is InChI=1S/C47H32N4O4.C5H5N.C4H10O.4C2H4O2.4Co.O/c52-45(53)38-18-2-1-15-35(38)32-29-33(36-16-3-5-19-39(36)46(54,41-21-7-11-25-48-41)42-22-8-12-26-49-42)31-34(30-32)37-17-4-6-20-40(37)47(55,43-23-9-13-27-50-43)44-24-10-14-28-51-44;1-2-4-6-5-3-1;1-3-5-4-2;4*1-2(3)4;;;;;/h1-31H,(H,52,53);1-5H;3-4H2,1-2H3;4*1H3,(H,3,4);;;;;/q-2;;;;;;;3*+2;+3;-2/p-5. The maximum absolute atomic E-state index is 15.6. The number of aliphatic carboxylic acids is 4. The second kappa shape index (κ2) is 44.3. The molecule has 5 aromatic heterocycles. The SMILES string of the molecule is CC(=O)[O-].CC(=O)[O-].CC(=O)[O-].CC(=O)[O-].CCOCC.O=C([O-])c1ccccc1-c1cc(-c2ccccc2C([O-])(c2ccccn2)c2ccccn2)cc(-c2ccccc2C([O-])(c2ccccn2)c2ccccn2)c1.[Co+2].[Co+2].[Co+2].[Co+3].[O-2].c1ccncc1. The molecule has 4 aromatic carbocycles. The molecule has 0 spiro atoms. The van der Waals surface area contributed by atoms with Gasteiger partial charge in [0.05, 0.1) is 5.97 Å². The van der Waals surface area contributed by atoms with Crippen LogP contribution in [-0.2, 0) is 108 Å². The Morgan fingerprint density at radius 2 is 0.644 bits per heavy atom. The van der Waals surface area contributed by atoms with Crippen LogP contribution < -0.4 is 35.7 Å². The minimum atomic E-state index is -2.04. The van der Waals surface area contributed by atoms with Crippen molar-refractivity contribution in [1.29, 1.82) is 0 Å². The van der Waals surface area contributed by atoms with Crippen molar-refractivity contribution in [2.45, 2.75) is 52.7 Å². The van der Waals surface area contributed by atoms with Gasteiger partial charge >= 0.3 is 67.1 Å². The number of nitrogens with zero attached hydrogens (tertiary/aromatic N) is 5. The second-order valence-electron chi connectivity index (χ2n) is 16.7. The van der Waals surface area contributed by atoms with Gasteiger partial charge in [0, 0.05) is 114 Å². The van der Waals surface area contributed by atoms with Crippen LogP contribution in [0.2, 0.25) is 0 Å². The first-order valence-corrected chi connectivity index (χ1v) is 25.1. The zero-order valence-corrected chi connectivity index (χ0v) is 51.6. The smallest absolute Gasteiger partial charge is 2.00 e. The Balaban J connectivity index is -0.00000185. The van der Waals surface area contributed by atoms with Gasteiger partial charge in [-0.3, -0.25) is 24.9 Å². The molecule has 3 radical (unpaired) electrons. The third kappa shape index (κ3) is 27.0. The van der Waals surface area contributed by atoms with Gasteiger partial charge < -0.3 is 69.9 Å². The maximum Gasteiger partial charge on any atom is 3.00 e. The Morgan fingerprint density at radius 1 is 0.391 bits per heavy atom. The van der Waals surface area contributed by atoms with E-state index in [-0.39, 0.29) is 101 Å². The monoisotopic (exact) mass is 1360 g/mol. The van der Waals surface area contributed by atoms with Crippen molar-refractivity contribution in [3.63, 3.8) is 0 Å². The minimum Gasteiger partial charge on any atom is -2.00 e. The maximum atomic E-state index is 15.6. The molecule has 87 heavy (non-hydrogen) atoms. The van der Waals surface area contributed by atoms with Gasteiger partial charge in [-0.25, -0.2) is 0 Å². The van der Waals surface area contributed by atoms with E-state index in [1.165, 1.54) is 6.07 Å². The van der Waals surface area contributed by atoms with Crippen LogP contribution in [0.4, 0.5) is 0 Å². The Kier molecular flexibility index (Phi) is 42.3. The van der Waals surface area contributed by atoms with E-state index in [1.807, 2.05) is 74.5 Å². The number of hydrogen-bond acceptors (Lipinski definition) is 18. The van der Waals surface area contributed by atoms with Gasteiger partial charge in [-0.15, -0.1) is 0 Å². The zero-order chi connectivity index (χ0) is 60.5. The molecule has 0 fully saturated rings. The van der Waals surface area contributed by atoms with E-state index in [9.17, 15) is 9.90 Å². The molecule has 19 nitrogen and oxygen atoms in total. The van der Waals surface area contributed by atoms with Crippen LogP contribution in [-0.4, -0.2) is 68.0 Å². The first-order chi connectivity index (χ1) is 39.2. The van der Waals surface area contributed by atoms with Crippen molar-refractivity contribution in [3.8, 4) is 33.4 Å². The van der Waals surface area contributed by atoms with Crippen molar-refractivity contribution in [2.75, 3.05) is 13.2 Å². The van der Waals surface area contributed by atoms with Crippen LogP contribution in [0, 0.1) is 0 Å². The molecule has 0 unspecified atom stereocenters. The average Bonchev–Trinajstić information content (AvgIpc) is 0.867. The van der Waals surface area contributed by atoms with Crippen molar-refractivity contribution in [1.82, 2.24) is 24.9 Å². The Morgan fingerprint density at radius 3 is 0.874 bits per heavy atom. The van der Waals surface area contributed by atoms with Crippen molar-refractivity contribution < 1.29 is 137 Å². The minimum absolute atomic E-state index is 0. The number of hydrogen-bond donors (Lipinski definition) is 0. The normalized spacial score (nSPS) is 9.52. The largest absolute Gasteiger partial charge is 3.00 e. The van der Waals surface area contributed by atoms with Crippen LogP contribution >= 0.6 is 0 Å². The van der Waals surface area contributed by atoms with Crippen molar-refractivity contribution >= 4 is 29.8 Å². The molecule has 0 amide bonds. The number of carbonyl (C=O) groups is 5. The molecule has 0 aliphatic carbocycles. The number of aromatic nitrogens is 5. The van der Waals surface area contributed by atoms with Crippen LogP contribution in [0.3, 0.4) is 0 Å². The van der Waals surface area contributed by atoms with Gasteiger partial charge in [0.2, 0.25) is 0 Å². The predicted octanol–water partition coefficient (Wildman–Crippen LogP) is 2.96. The molecule has 9 rings (SSSR count). The fourth-order valence-corrected chi connectivity index (χ4v) is 7.71. The van der Waals surface area contributed by atoms with E-state index in [2.05, 4.69) is 24.9 Å². The Labute approximate surface area is 546 Å². The van der Waals surface area contributed by atoms with E-state index in [4.69, 9.17) is 44.3 Å². The molecule has 459 valence electrons. The summed E-state index contributed by atoms with van der Waals surface area (Å²) in [6.07, 6.45) is 9.83. The van der Waals surface area contributed by atoms with Gasteiger partial charge in [-0.1, -0.05) is 103 Å². The summed E-state index contributed by atoms with van der Waals surface area (Å²) in [5, 5.41) is 79.2. The number of aromatic carboxylic acids is 1. The zero-order valence-electron chi connectivity index (χ0n) is 47.5. The summed E-state index contributed by atoms with van der Waals surface area (Å²) in [4.78, 5) is 69.9. The second-order valence-corrected chi connectivity index (χ2v) is 16.7. The summed E-state index contributed by atoms with van der Waals surface area (Å²) < 4.78 is 4.83. The molecule has 0 aliphatic heterocycles. The molecule has 0 saturated carbocycles. The van der Waals surface area contributed by atoms with E-state index in [1.54, 1.807) is 152 Å². The van der Waals surface area contributed by atoms with Crippen LogP contribution in [0.5, 0.6) is 0 Å².